The number of fused-ring (bicyclic) bond motifs is 3. The third kappa shape index (κ3) is 2.77. The van der Waals surface area contributed by atoms with Crippen LogP contribution in [0.1, 0.15) is 53.4 Å². The average molecular weight is 358 g/mol. The monoisotopic (exact) mass is 358 g/mol. The number of carbonyl (C=O) groups excluding carboxylic acids is 2. The van der Waals surface area contributed by atoms with Gasteiger partial charge in [-0.25, -0.2) is 0 Å². The molecule has 1 aliphatic heterocycles. The lowest BCUT2D eigenvalue weighted by Gasteiger charge is -2.51. The van der Waals surface area contributed by atoms with Crippen LogP contribution in [-0.4, -0.2) is 31.1 Å². The smallest absolute Gasteiger partial charge is 0.302 e. The zero-order valence-electron chi connectivity index (χ0n) is 16.3. The van der Waals surface area contributed by atoms with E-state index in [4.69, 9.17) is 9.47 Å². The van der Waals surface area contributed by atoms with Crippen LogP contribution in [0.25, 0.3) is 0 Å². The van der Waals surface area contributed by atoms with Gasteiger partial charge in [0.15, 0.2) is 5.78 Å². The first-order valence-corrected chi connectivity index (χ1v) is 9.98. The molecule has 1 heterocycles. The molecule has 0 aromatic rings. The molecule has 4 aliphatic rings. The summed E-state index contributed by atoms with van der Waals surface area (Å²) in [6.07, 6.45) is 6.46. The van der Waals surface area contributed by atoms with E-state index >= 15 is 0 Å². The maximum Gasteiger partial charge on any atom is 0.302 e. The lowest BCUT2D eigenvalue weighted by molar-refractivity contribution is -0.141. The first-order chi connectivity index (χ1) is 12.3. The van der Waals surface area contributed by atoms with Crippen molar-refractivity contribution in [3.8, 4) is 0 Å². The standard InChI is InChI=1S/C22H30O4/c1-12(2)15-7-8-22(4)17(15)6-5-16-20(19-11-26-19)14(10-25-13(3)23)9-18(24)21(16)22/h9,16-17,19-21H,5-8,10-11H2,1-4H3. The summed E-state index contributed by atoms with van der Waals surface area (Å²) in [5.74, 6) is 1.12. The first-order valence-electron chi connectivity index (χ1n) is 9.98. The quantitative estimate of drug-likeness (QED) is 0.437. The van der Waals surface area contributed by atoms with Gasteiger partial charge in [0.2, 0.25) is 0 Å². The minimum atomic E-state index is -0.296. The summed E-state index contributed by atoms with van der Waals surface area (Å²) in [4.78, 5) is 24.5. The number of ether oxygens (including phenoxy) is 2. The van der Waals surface area contributed by atoms with Crippen molar-refractivity contribution in [1.29, 1.82) is 0 Å². The Morgan fingerprint density at radius 2 is 2.04 bits per heavy atom. The Labute approximate surface area is 156 Å². The summed E-state index contributed by atoms with van der Waals surface area (Å²) in [7, 11) is 0. The van der Waals surface area contributed by atoms with Crippen molar-refractivity contribution in [3.05, 3.63) is 22.8 Å². The zero-order valence-corrected chi connectivity index (χ0v) is 16.3. The van der Waals surface area contributed by atoms with Gasteiger partial charge in [-0.2, -0.15) is 0 Å². The fraction of sp³-hybridized carbons (Fsp3) is 0.727. The summed E-state index contributed by atoms with van der Waals surface area (Å²) in [5.41, 5.74) is 4.06. The fourth-order valence-corrected chi connectivity index (χ4v) is 6.31. The second-order valence-corrected chi connectivity index (χ2v) is 9.10. The van der Waals surface area contributed by atoms with Crippen LogP contribution < -0.4 is 0 Å². The fourth-order valence-electron chi connectivity index (χ4n) is 6.31. The predicted molar refractivity (Wildman–Crippen MR) is 98.4 cm³/mol. The van der Waals surface area contributed by atoms with Crippen molar-refractivity contribution < 1.29 is 19.1 Å². The van der Waals surface area contributed by atoms with Gasteiger partial charge in [0, 0.05) is 18.8 Å². The summed E-state index contributed by atoms with van der Waals surface area (Å²) >= 11 is 0. The van der Waals surface area contributed by atoms with E-state index in [1.54, 1.807) is 11.6 Å². The highest BCUT2D eigenvalue weighted by Gasteiger charge is 2.59. The molecule has 0 spiro atoms. The van der Waals surface area contributed by atoms with E-state index in [0.717, 1.165) is 37.9 Å². The van der Waals surface area contributed by atoms with Crippen molar-refractivity contribution in [1.82, 2.24) is 0 Å². The molecule has 0 aromatic heterocycles. The highest BCUT2D eigenvalue weighted by Crippen LogP contribution is 2.63. The Morgan fingerprint density at radius 3 is 2.65 bits per heavy atom. The van der Waals surface area contributed by atoms with E-state index in [1.807, 2.05) is 0 Å². The number of epoxide rings is 1. The van der Waals surface area contributed by atoms with E-state index in [-0.39, 0.29) is 41.7 Å². The van der Waals surface area contributed by atoms with Crippen LogP contribution in [0.4, 0.5) is 0 Å². The van der Waals surface area contributed by atoms with Crippen molar-refractivity contribution in [2.75, 3.05) is 13.2 Å². The first kappa shape index (κ1) is 18.0. The SMILES string of the molecule is CC(=O)OCC1=CC(=O)C2C(CCC3C(=C(C)C)CCC32C)C1C1CO1. The van der Waals surface area contributed by atoms with Gasteiger partial charge < -0.3 is 9.47 Å². The highest BCUT2D eigenvalue weighted by molar-refractivity contribution is 5.95. The third-order valence-corrected chi connectivity index (χ3v) is 7.44. The number of hydrogen-bond acceptors (Lipinski definition) is 4. The van der Waals surface area contributed by atoms with Gasteiger partial charge in [0.05, 0.1) is 12.7 Å². The van der Waals surface area contributed by atoms with Gasteiger partial charge in [-0.1, -0.05) is 18.1 Å². The summed E-state index contributed by atoms with van der Waals surface area (Å²) in [6, 6.07) is 0. The summed E-state index contributed by atoms with van der Waals surface area (Å²) in [6.45, 7) is 9.19. The van der Waals surface area contributed by atoms with Gasteiger partial charge >= 0.3 is 5.97 Å². The molecule has 0 aromatic carbocycles. The van der Waals surface area contributed by atoms with Gasteiger partial charge in [-0.3, -0.25) is 9.59 Å². The molecule has 6 atom stereocenters. The summed E-state index contributed by atoms with van der Waals surface area (Å²) in [5, 5.41) is 0. The van der Waals surface area contributed by atoms with E-state index in [0.29, 0.717) is 11.8 Å². The number of hydrogen-bond donors (Lipinski definition) is 0. The minimum Gasteiger partial charge on any atom is -0.461 e. The van der Waals surface area contributed by atoms with E-state index in [1.165, 1.54) is 12.5 Å². The number of allylic oxidation sites excluding steroid dienone is 3. The Bertz CT molecular complexity index is 695. The number of ketones is 1. The molecule has 0 bridgehead atoms. The molecule has 3 fully saturated rings. The minimum absolute atomic E-state index is 0.0587. The third-order valence-electron chi connectivity index (χ3n) is 7.44. The van der Waals surface area contributed by atoms with Crippen LogP contribution in [0.2, 0.25) is 0 Å². The van der Waals surface area contributed by atoms with Gasteiger partial charge in [0.25, 0.3) is 0 Å². The summed E-state index contributed by atoms with van der Waals surface area (Å²) < 4.78 is 10.9. The molecule has 4 heteroatoms. The molecule has 0 amide bonds. The van der Waals surface area contributed by atoms with Crippen LogP contribution in [0.5, 0.6) is 0 Å². The molecule has 6 unspecified atom stereocenters. The maximum absolute atomic E-state index is 13.2. The molecule has 142 valence electrons. The Kier molecular flexibility index (Phi) is 4.37. The lowest BCUT2D eigenvalue weighted by atomic mass is 9.51. The Balaban J connectivity index is 1.69. The van der Waals surface area contributed by atoms with Gasteiger partial charge in [0.1, 0.15) is 6.61 Å². The van der Waals surface area contributed by atoms with Crippen LogP contribution in [0, 0.1) is 29.1 Å². The normalized spacial score (nSPS) is 41.2. The van der Waals surface area contributed by atoms with Gasteiger partial charge in [-0.15, -0.1) is 0 Å². The number of esters is 1. The van der Waals surface area contributed by atoms with Crippen LogP contribution >= 0.6 is 0 Å². The van der Waals surface area contributed by atoms with E-state index in [2.05, 4.69) is 20.8 Å². The average Bonchev–Trinajstić information content (AvgIpc) is 3.33. The number of rotatable bonds is 3. The Morgan fingerprint density at radius 1 is 1.31 bits per heavy atom. The van der Waals surface area contributed by atoms with Crippen molar-refractivity contribution in [2.45, 2.75) is 59.5 Å². The molecule has 4 rings (SSSR count). The second-order valence-electron chi connectivity index (χ2n) is 9.10. The molecule has 2 saturated carbocycles. The molecule has 0 N–H and O–H groups in total. The second kappa shape index (κ2) is 6.33. The van der Waals surface area contributed by atoms with Crippen LogP contribution in [-0.2, 0) is 19.1 Å². The predicted octanol–water partition coefficient (Wildman–Crippen LogP) is 3.85. The molecule has 26 heavy (non-hydrogen) atoms. The number of carbonyl (C=O) groups is 2. The Hall–Kier alpha value is -1.42. The van der Waals surface area contributed by atoms with Crippen molar-refractivity contribution >= 4 is 11.8 Å². The van der Waals surface area contributed by atoms with Crippen LogP contribution in [0.3, 0.4) is 0 Å². The lowest BCUT2D eigenvalue weighted by Crippen LogP contribution is -2.51. The topological polar surface area (TPSA) is 55.9 Å². The highest BCUT2D eigenvalue weighted by atomic mass is 16.6. The zero-order chi connectivity index (χ0) is 18.6. The molecule has 0 radical (unpaired) electrons. The van der Waals surface area contributed by atoms with Crippen LogP contribution in [0.15, 0.2) is 22.8 Å². The largest absolute Gasteiger partial charge is 0.461 e. The molecule has 3 aliphatic carbocycles. The van der Waals surface area contributed by atoms with Crippen molar-refractivity contribution in [3.63, 3.8) is 0 Å². The maximum atomic E-state index is 13.2. The van der Waals surface area contributed by atoms with Crippen molar-refractivity contribution in [2.24, 2.45) is 29.1 Å². The molecular weight excluding hydrogens is 328 g/mol. The molecular formula is C22H30O4. The van der Waals surface area contributed by atoms with E-state index in [9.17, 15) is 9.59 Å². The molecule has 1 saturated heterocycles. The molecule has 4 nitrogen and oxygen atoms in total. The van der Waals surface area contributed by atoms with Gasteiger partial charge in [-0.05, 0) is 68.4 Å². The van der Waals surface area contributed by atoms with E-state index < -0.39 is 0 Å².